The first-order valence-electron chi connectivity index (χ1n) is 10.8. The summed E-state index contributed by atoms with van der Waals surface area (Å²) in [6, 6.07) is 2.23. The van der Waals surface area contributed by atoms with E-state index in [9.17, 15) is 4.79 Å². The SMILES string of the molecule is CCCN1CCOc2cc3c(c(C(C)C)c21)CCN(C(=O)OC(C)(C)C)CC3. The normalized spacial score (nSPS) is 17.0. The Labute approximate surface area is 170 Å². The molecule has 0 saturated carbocycles. The number of hydrogen-bond donors (Lipinski definition) is 0. The van der Waals surface area contributed by atoms with Crippen LogP contribution in [0, 0.1) is 0 Å². The Morgan fingerprint density at radius 2 is 1.93 bits per heavy atom. The topological polar surface area (TPSA) is 42.0 Å². The molecule has 0 aliphatic carbocycles. The smallest absolute Gasteiger partial charge is 0.410 e. The van der Waals surface area contributed by atoms with Crippen LogP contribution in [0.25, 0.3) is 0 Å². The molecule has 0 N–H and O–H groups in total. The molecule has 1 aromatic carbocycles. The molecule has 28 heavy (non-hydrogen) atoms. The predicted molar refractivity (Wildman–Crippen MR) is 114 cm³/mol. The predicted octanol–water partition coefficient (Wildman–Crippen LogP) is 4.75. The van der Waals surface area contributed by atoms with E-state index < -0.39 is 5.60 Å². The third-order valence-electron chi connectivity index (χ3n) is 5.45. The summed E-state index contributed by atoms with van der Waals surface area (Å²) in [6.45, 7) is 16.7. The van der Waals surface area contributed by atoms with Crippen LogP contribution in [0.4, 0.5) is 10.5 Å². The summed E-state index contributed by atoms with van der Waals surface area (Å²) in [7, 11) is 0. The molecule has 0 bridgehead atoms. The van der Waals surface area contributed by atoms with E-state index in [1.807, 2.05) is 25.7 Å². The molecule has 2 aliphatic heterocycles. The number of rotatable bonds is 3. The van der Waals surface area contributed by atoms with Gasteiger partial charge in [0, 0.05) is 19.6 Å². The van der Waals surface area contributed by atoms with Crippen LogP contribution in [0.2, 0.25) is 0 Å². The van der Waals surface area contributed by atoms with E-state index in [1.54, 1.807) is 0 Å². The third kappa shape index (κ3) is 4.39. The van der Waals surface area contributed by atoms with Gasteiger partial charge in [-0.3, -0.25) is 0 Å². The molecule has 0 saturated heterocycles. The molecular weight excluding hydrogens is 352 g/mol. The molecule has 5 nitrogen and oxygen atoms in total. The molecule has 156 valence electrons. The Morgan fingerprint density at radius 3 is 2.57 bits per heavy atom. The quantitative estimate of drug-likeness (QED) is 0.749. The van der Waals surface area contributed by atoms with Gasteiger partial charge in [0.15, 0.2) is 0 Å². The van der Waals surface area contributed by atoms with Crippen molar-refractivity contribution in [2.24, 2.45) is 0 Å². The van der Waals surface area contributed by atoms with Crippen LogP contribution < -0.4 is 9.64 Å². The number of ether oxygens (including phenoxy) is 2. The van der Waals surface area contributed by atoms with E-state index in [1.165, 1.54) is 22.4 Å². The molecule has 0 spiro atoms. The lowest BCUT2D eigenvalue weighted by Crippen LogP contribution is -2.38. The number of anilines is 1. The Bertz CT molecular complexity index is 722. The molecule has 0 radical (unpaired) electrons. The third-order valence-corrected chi connectivity index (χ3v) is 5.45. The highest BCUT2D eigenvalue weighted by Crippen LogP contribution is 2.43. The van der Waals surface area contributed by atoms with Gasteiger partial charge in [-0.15, -0.1) is 0 Å². The second-order valence-corrected chi connectivity index (χ2v) is 9.23. The number of carbonyl (C=O) groups is 1. The second kappa shape index (κ2) is 8.22. The molecular formula is C23H36N2O3. The fourth-order valence-corrected chi connectivity index (χ4v) is 4.33. The molecule has 1 aromatic rings. The highest BCUT2D eigenvalue weighted by atomic mass is 16.6. The number of carbonyl (C=O) groups excluding carboxylic acids is 1. The van der Waals surface area contributed by atoms with Crippen molar-refractivity contribution >= 4 is 11.8 Å². The van der Waals surface area contributed by atoms with Gasteiger partial charge in [0.25, 0.3) is 0 Å². The number of nitrogens with zero attached hydrogens (tertiary/aromatic N) is 2. The Kier molecular flexibility index (Phi) is 6.11. The summed E-state index contributed by atoms with van der Waals surface area (Å²) in [5.74, 6) is 1.44. The zero-order valence-electron chi connectivity index (χ0n) is 18.4. The second-order valence-electron chi connectivity index (χ2n) is 9.23. The maximum absolute atomic E-state index is 12.6. The van der Waals surface area contributed by atoms with E-state index >= 15 is 0 Å². The van der Waals surface area contributed by atoms with Crippen molar-refractivity contribution in [2.75, 3.05) is 37.7 Å². The van der Waals surface area contributed by atoms with E-state index in [2.05, 4.69) is 31.7 Å². The number of amides is 1. The van der Waals surface area contributed by atoms with Gasteiger partial charge in [-0.05, 0) is 68.7 Å². The van der Waals surface area contributed by atoms with Gasteiger partial charge in [0.05, 0.1) is 12.2 Å². The molecule has 5 heteroatoms. The minimum absolute atomic E-state index is 0.208. The van der Waals surface area contributed by atoms with Crippen LogP contribution >= 0.6 is 0 Å². The van der Waals surface area contributed by atoms with Crippen molar-refractivity contribution < 1.29 is 14.3 Å². The fourth-order valence-electron chi connectivity index (χ4n) is 4.33. The van der Waals surface area contributed by atoms with Crippen molar-refractivity contribution in [3.63, 3.8) is 0 Å². The number of fused-ring (bicyclic) bond motifs is 2. The molecule has 3 rings (SSSR count). The van der Waals surface area contributed by atoms with Gasteiger partial charge in [0.2, 0.25) is 0 Å². The summed E-state index contributed by atoms with van der Waals surface area (Å²) in [5, 5.41) is 0. The van der Waals surface area contributed by atoms with Gasteiger partial charge in [0.1, 0.15) is 18.0 Å². The fraction of sp³-hybridized carbons (Fsp3) is 0.696. The van der Waals surface area contributed by atoms with E-state index in [4.69, 9.17) is 9.47 Å². The Morgan fingerprint density at radius 1 is 1.21 bits per heavy atom. The first kappa shape index (κ1) is 20.8. The average Bonchev–Trinajstić information content (AvgIpc) is 2.81. The lowest BCUT2D eigenvalue weighted by Gasteiger charge is -2.35. The summed E-state index contributed by atoms with van der Waals surface area (Å²) < 4.78 is 11.7. The van der Waals surface area contributed by atoms with Crippen LogP contribution in [0.3, 0.4) is 0 Å². The van der Waals surface area contributed by atoms with Crippen molar-refractivity contribution in [3.05, 3.63) is 22.8 Å². The summed E-state index contributed by atoms with van der Waals surface area (Å²) in [5.41, 5.74) is 4.96. The zero-order chi connectivity index (χ0) is 20.5. The standard InChI is InChI=1S/C23H36N2O3/c1-7-10-24-13-14-27-19-15-17-8-11-25(22(26)28-23(4,5)6)12-9-18(17)20(16(2)3)21(19)24/h15-16H,7-14H2,1-6H3. The molecule has 0 aromatic heterocycles. The van der Waals surface area contributed by atoms with Crippen molar-refractivity contribution in [1.82, 2.24) is 4.90 Å². The molecule has 2 aliphatic rings. The monoisotopic (exact) mass is 388 g/mol. The summed E-state index contributed by atoms with van der Waals surface area (Å²) in [4.78, 5) is 17.0. The first-order chi connectivity index (χ1) is 13.2. The van der Waals surface area contributed by atoms with Gasteiger partial charge < -0.3 is 19.3 Å². The van der Waals surface area contributed by atoms with Crippen LogP contribution in [0.5, 0.6) is 5.75 Å². The van der Waals surface area contributed by atoms with Crippen LogP contribution in [-0.4, -0.2) is 49.4 Å². The van der Waals surface area contributed by atoms with E-state index in [0.29, 0.717) is 19.0 Å². The lowest BCUT2D eigenvalue weighted by molar-refractivity contribution is 0.0258. The molecule has 0 atom stereocenters. The molecule has 1 amide bonds. The van der Waals surface area contributed by atoms with Gasteiger partial charge in [-0.2, -0.15) is 0 Å². The lowest BCUT2D eigenvalue weighted by atomic mass is 9.87. The number of hydrogen-bond acceptors (Lipinski definition) is 4. The van der Waals surface area contributed by atoms with Gasteiger partial charge >= 0.3 is 6.09 Å². The highest BCUT2D eigenvalue weighted by Gasteiger charge is 2.30. The van der Waals surface area contributed by atoms with Crippen molar-refractivity contribution in [2.45, 2.75) is 72.3 Å². The van der Waals surface area contributed by atoms with Crippen LogP contribution in [0.1, 0.15) is 70.6 Å². The average molecular weight is 389 g/mol. The minimum atomic E-state index is -0.465. The molecule has 0 unspecified atom stereocenters. The minimum Gasteiger partial charge on any atom is -0.490 e. The molecule has 0 fully saturated rings. The van der Waals surface area contributed by atoms with Crippen LogP contribution in [-0.2, 0) is 17.6 Å². The summed E-state index contributed by atoms with van der Waals surface area (Å²) >= 11 is 0. The van der Waals surface area contributed by atoms with Crippen LogP contribution in [0.15, 0.2) is 6.07 Å². The molecule has 2 heterocycles. The van der Waals surface area contributed by atoms with E-state index in [-0.39, 0.29) is 6.09 Å². The van der Waals surface area contributed by atoms with E-state index in [0.717, 1.165) is 44.7 Å². The summed E-state index contributed by atoms with van der Waals surface area (Å²) in [6.07, 6.45) is 2.63. The Balaban J connectivity index is 1.94. The maximum Gasteiger partial charge on any atom is 0.410 e. The largest absolute Gasteiger partial charge is 0.490 e. The zero-order valence-corrected chi connectivity index (χ0v) is 18.4. The first-order valence-corrected chi connectivity index (χ1v) is 10.8. The highest BCUT2D eigenvalue weighted by molar-refractivity contribution is 5.71. The van der Waals surface area contributed by atoms with Crippen molar-refractivity contribution in [1.29, 1.82) is 0 Å². The maximum atomic E-state index is 12.6. The van der Waals surface area contributed by atoms with Gasteiger partial charge in [-0.1, -0.05) is 20.8 Å². The van der Waals surface area contributed by atoms with Crippen molar-refractivity contribution in [3.8, 4) is 5.75 Å². The van der Waals surface area contributed by atoms with Gasteiger partial charge in [-0.25, -0.2) is 4.79 Å². The Hall–Kier alpha value is -1.91. The number of benzene rings is 1.